The zero-order valence-corrected chi connectivity index (χ0v) is 13.5. The first-order valence-corrected chi connectivity index (χ1v) is 7.85. The predicted molar refractivity (Wildman–Crippen MR) is 92.0 cm³/mol. The number of fused-ring (bicyclic) bond motifs is 1. The second-order valence-electron chi connectivity index (χ2n) is 5.26. The van der Waals surface area contributed by atoms with E-state index >= 15 is 0 Å². The van der Waals surface area contributed by atoms with Crippen LogP contribution in [-0.4, -0.2) is 27.4 Å². The molecular formula is C17H15ClN4O2. The molecule has 0 fully saturated rings. The van der Waals surface area contributed by atoms with E-state index in [9.17, 15) is 9.59 Å². The van der Waals surface area contributed by atoms with Gasteiger partial charge in [-0.05, 0) is 30.2 Å². The Labute approximate surface area is 143 Å². The topological polar surface area (TPSA) is 76.9 Å². The van der Waals surface area contributed by atoms with Gasteiger partial charge in [-0.3, -0.25) is 9.59 Å². The summed E-state index contributed by atoms with van der Waals surface area (Å²) < 4.78 is 1.06. The van der Waals surface area contributed by atoms with E-state index in [1.165, 1.54) is 0 Å². The van der Waals surface area contributed by atoms with Crippen molar-refractivity contribution in [1.82, 2.24) is 20.3 Å². The van der Waals surface area contributed by atoms with Crippen LogP contribution in [0.1, 0.15) is 5.56 Å². The molecule has 0 unspecified atom stereocenters. The number of hydrogen-bond donors (Lipinski definition) is 1. The number of halogens is 1. The highest BCUT2D eigenvalue weighted by Gasteiger charge is 2.09. The quantitative estimate of drug-likeness (QED) is 0.767. The molecule has 1 amide bonds. The maximum Gasteiger partial charge on any atom is 0.278 e. The Kier molecular flexibility index (Phi) is 4.86. The number of hydrogen-bond acceptors (Lipinski definition) is 4. The minimum atomic E-state index is -0.332. The van der Waals surface area contributed by atoms with Gasteiger partial charge in [-0.25, -0.2) is 4.68 Å². The van der Waals surface area contributed by atoms with Crippen LogP contribution in [0.3, 0.4) is 0 Å². The Morgan fingerprint density at radius 2 is 1.88 bits per heavy atom. The molecule has 3 aromatic rings. The molecule has 7 heteroatoms. The maximum absolute atomic E-state index is 12.3. The molecule has 0 aliphatic rings. The van der Waals surface area contributed by atoms with Crippen LogP contribution in [0.5, 0.6) is 0 Å². The van der Waals surface area contributed by atoms with Crippen LogP contribution < -0.4 is 10.9 Å². The Balaban J connectivity index is 1.62. The zero-order valence-electron chi connectivity index (χ0n) is 12.8. The normalized spacial score (nSPS) is 10.7. The summed E-state index contributed by atoms with van der Waals surface area (Å²) in [6.07, 6.45) is 0.615. The number of nitrogens with one attached hydrogen (secondary N) is 1. The summed E-state index contributed by atoms with van der Waals surface area (Å²) >= 11 is 6.07. The standard InChI is InChI=1S/C17H15ClN4O2/c18-14-7-3-1-5-12(14)9-10-19-16(23)11-22-17(24)13-6-2-4-8-15(13)20-21-22/h1-8H,9-11H2,(H,19,23). The summed E-state index contributed by atoms with van der Waals surface area (Å²) in [6.45, 7) is 0.261. The molecule has 1 aromatic heterocycles. The Morgan fingerprint density at radius 3 is 2.71 bits per heavy atom. The number of benzene rings is 2. The van der Waals surface area contributed by atoms with Crippen molar-refractivity contribution >= 4 is 28.4 Å². The highest BCUT2D eigenvalue weighted by Crippen LogP contribution is 2.14. The molecule has 1 heterocycles. The summed E-state index contributed by atoms with van der Waals surface area (Å²) in [5, 5.41) is 11.6. The highest BCUT2D eigenvalue weighted by molar-refractivity contribution is 6.31. The van der Waals surface area contributed by atoms with Crippen LogP contribution >= 0.6 is 11.6 Å². The molecule has 0 atom stereocenters. The van der Waals surface area contributed by atoms with E-state index in [0.29, 0.717) is 28.9 Å². The van der Waals surface area contributed by atoms with E-state index < -0.39 is 0 Å². The van der Waals surface area contributed by atoms with Gasteiger partial charge in [0.25, 0.3) is 5.56 Å². The largest absolute Gasteiger partial charge is 0.354 e. The second kappa shape index (κ2) is 7.23. The number of rotatable bonds is 5. The van der Waals surface area contributed by atoms with Crippen molar-refractivity contribution in [2.45, 2.75) is 13.0 Å². The first-order valence-electron chi connectivity index (χ1n) is 7.48. The van der Waals surface area contributed by atoms with Crippen LogP contribution in [-0.2, 0) is 17.8 Å². The highest BCUT2D eigenvalue weighted by atomic mass is 35.5. The van der Waals surface area contributed by atoms with Crippen LogP contribution in [0, 0.1) is 0 Å². The third-order valence-electron chi connectivity index (χ3n) is 3.60. The molecule has 0 bridgehead atoms. The molecule has 0 aliphatic heterocycles. The summed E-state index contributed by atoms with van der Waals surface area (Å²) in [5.74, 6) is -0.297. The molecule has 3 rings (SSSR count). The third kappa shape index (κ3) is 3.60. The van der Waals surface area contributed by atoms with Gasteiger partial charge in [0.1, 0.15) is 12.1 Å². The van der Waals surface area contributed by atoms with E-state index in [1.54, 1.807) is 24.3 Å². The maximum atomic E-state index is 12.3. The molecule has 122 valence electrons. The van der Waals surface area contributed by atoms with Gasteiger partial charge in [0.15, 0.2) is 0 Å². The Hall–Kier alpha value is -2.73. The van der Waals surface area contributed by atoms with Gasteiger partial charge in [0.05, 0.1) is 5.39 Å². The predicted octanol–water partition coefficient (Wildman–Crippen LogP) is 1.80. The fraction of sp³-hybridized carbons (Fsp3) is 0.176. The van der Waals surface area contributed by atoms with Gasteiger partial charge in [0.2, 0.25) is 5.91 Å². The van der Waals surface area contributed by atoms with Gasteiger partial charge < -0.3 is 5.32 Å². The van der Waals surface area contributed by atoms with Gasteiger partial charge in [0, 0.05) is 11.6 Å². The number of amides is 1. The number of nitrogens with zero attached hydrogens (tertiary/aromatic N) is 3. The number of carbonyl (C=O) groups excluding carboxylic acids is 1. The van der Waals surface area contributed by atoms with Crippen molar-refractivity contribution in [3.63, 3.8) is 0 Å². The Bertz CT molecular complexity index is 939. The van der Waals surface area contributed by atoms with Gasteiger partial charge in [-0.15, -0.1) is 5.10 Å². The van der Waals surface area contributed by atoms with E-state index in [0.717, 1.165) is 10.2 Å². The minimum Gasteiger partial charge on any atom is -0.354 e. The van der Waals surface area contributed by atoms with Crippen LogP contribution in [0.25, 0.3) is 10.9 Å². The lowest BCUT2D eigenvalue weighted by Crippen LogP contribution is -2.35. The van der Waals surface area contributed by atoms with Crippen LogP contribution in [0.4, 0.5) is 0 Å². The van der Waals surface area contributed by atoms with Crippen molar-refractivity contribution in [2.24, 2.45) is 0 Å². The summed E-state index contributed by atoms with van der Waals surface area (Å²) in [6, 6.07) is 14.4. The lowest BCUT2D eigenvalue weighted by atomic mass is 10.1. The van der Waals surface area contributed by atoms with Crippen molar-refractivity contribution in [1.29, 1.82) is 0 Å². The van der Waals surface area contributed by atoms with E-state index in [4.69, 9.17) is 11.6 Å². The fourth-order valence-electron chi connectivity index (χ4n) is 2.36. The molecule has 24 heavy (non-hydrogen) atoms. The molecule has 0 saturated carbocycles. The molecule has 0 spiro atoms. The van der Waals surface area contributed by atoms with Gasteiger partial charge in [-0.1, -0.05) is 47.1 Å². The summed E-state index contributed by atoms with van der Waals surface area (Å²) in [7, 11) is 0. The van der Waals surface area contributed by atoms with E-state index in [2.05, 4.69) is 15.6 Å². The first-order chi connectivity index (χ1) is 11.6. The molecule has 6 nitrogen and oxygen atoms in total. The molecule has 2 aromatic carbocycles. The Morgan fingerprint density at radius 1 is 1.12 bits per heavy atom. The average molecular weight is 343 g/mol. The first kappa shape index (κ1) is 16.1. The van der Waals surface area contributed by atoms with Crippen molar-refractivity contribution < 1.29 is 4.79 Å². The third-order valence-corrected chi connectivity index (χ3v) is 3.97. The molecule has 1 N–H and O–H groups in total. The van der Waals surface area contributed by atoms with Crippen LogP contribution in [0.15, 0.2) is 53.3 Å². The number of aromatic nitrogens is 3. The zero-order chi connectivity index (χ0) is 16.9. The van der Waals surface area contributed by atoms with Crippen molar-refractivity contribution in [3.8, 4) is 0 Å². The monoisotopic (exact) mass is 342 g/mol. The second-order valence-corrected chi connectivity index (χ2v) is 5.67. The smallest absolute Gasteiger partial charge is 0.278 e. The lowest BCUT2D eigenvalue weighted by molar-refractivity contribution is -0.121. The SMILES string of the molecule is O=C(Cn1nnc2ccccc2c1=O)NCCc1ccccc1Cl. The minimum absolute atomic E-state index is 0.167. The fourth-order valence-corrected chi connectivity index (χ4v) is 2.59. The van der Waals surface area contributed by atoms with Gasteiger partial charge in [-0.2, -0.15) is 0 Å². The van der Waals surface area contributed by atoms with Crippen molar-refractivity contribution in [2.75, 3.05) is 6.54 Å². The molecular weight excluding hydrogens is 328 g/mol. The molecule has 0 saturated heterocycles. The van der Waals surface area contributed by atoms with Crippen molar-refractivity contribution in [3.05, 3.63) is 69.5 Å². The van der Waals surface area contributed by atoms with E-state index in [1.807, 2.05) is 24.3 Å². The van der Waals surface area contributed by atoms with Gasteiger partial charge >= 0.3 is 0 Å². The molecule has 0 aliphatic carbocycles. The summed E-state index contributed by atoms with van der Waals surface area (Å²) in [4.78, 5) is 24.3. The summed E-state index contributed by atoms with van der Waals surface area (Å²) in [5.41, 5.74) is 1.14. The van der Waals surface area contributed by atoms with Crippen LogP contribution in [0.2, 0.25) is 5.02 Å². The van der Waals surface area contributed by atoms with E-state index in [-0.39, 0.29) is 18.0 Å². The average Bonchev–Trinajstić information content (AvgIpc) is 2.59. The molecule has 0 radical (unpaired) electrons. The number of carbonyl (C=O) groups is 1. The lowest BCUT2D eigenvalue weighted by Gasteiger charge is -2.07.